The summed E-state index contributed by atoms with van der Waals surface area (Å²) >= 11 is 0. The number of anilines is 1. The fourth-order valence-electron chi connectivity index (χ4n) is 3.90. The third kappa shape index (κ3) is 6.23. The Bertz CT molecular complexity index is 1030. The predicted molar refractivity (Wildman–Crippen MR) is 130 cm³/mol. The summed E-state index contributed by atoms with van der Waals surface area (Å²) in [6, 6.07) is 8.37. The fraction of sp³-hybridized carbons (Fsp3) is 0.560. The van der Waals surface area contributed by atoms with Crippen LogP contribution in [0.3, 0.4) is 0 Å². The van der Waals surface area contributed by atoms with Crippen LogP contribution >= 0.6 is 0 Å². The zero-order valence-corrected chi connectivity index (χ0v) is 21.0. The van der Waals surface area contributed by atoms with E-state index in [1.807, 2.05) is 26.8 Å². The number of nitrogens with zero attached hydrogens (tertiary/aromatic N) is 2. The molecule has 0 bridgehead atoms. The van der Waals surface area contributed by atoms with Crippen LogP contribution in [0.2, 0.25) is 0 Å². The summed E-state index contributed by atoms with van der Waals surface area (Å²) in [6.45, 7) is 11.8. The maximum absolute atomic E-state index is 14.0. The Morgan fingerprint density at radius 1 is 1.21 bits per heavy atom. The van der Waals surface area contributed by atoms with Crippen molar-refractivity contribution in [1.29, 1.82) is 0 Å². The van der Waals surface area contributed by atoms with Gasteiger partial charge in [-0.05, 0) is 67.1 Å². The summed E-state index contributed by atoms with van der Waals surface area (Å²) in [5, 5.41) is 3.03. The number of pyridine rings is 1. The van der Waals surface area contributed by atoms with E-state index in [0.29, 0.717) is 30.6 Å². The molecule has 0 amide bonds. The largest absolute Gasteiger partial charge is 0.493 e. The third-order valence-electron chi connectivity index (χ3n) is 5.92. The van der Waals surface area contributed by atoms with E-state index in [1.54, 1.807) is 30.5 Å². The molecule has 6 nitrogen and oxygen atoms in total. The molecule has 182 valence electrons. The number of halogens is 1. The smallest absolute Gasteiger partial charge is 0.265 e. The van der Waals surface area contributed by atoms with E-state index in [-0.39, 0.29) is 23.3 Å². The second-order valence-corrected chi connectivity index (χ2v) is 11.4. The minimum Gasteiger partial charge on any atom is -0.493 e. The normalized spacial score (nSPS) is 19.2. The molecule has 0 aliphatic carbocycles. The lowest BCUT2D eigenvalue weighted by molar-refractivity contribution is 0.122. The van der Waals surface area contributed by atoms with Crippen molar-refractivity contribution in [1.82, 2.24) is 10.3 Å². The molecule has 1 aromatic carbocycles. The van der Waals surface area contributed by atoms with Gasteiger partial charge in [0.05, 0.1) is 11.5 Å². The number of sulfonamides is 1. The highest BCUT2D eigenvalue weighted by Gasteiger charge is 2.29. The minimum absolute atomic E-state index is 0.118. The van der Waals surface area contributed by atoms with Gasteiger partial charge in [-0.1, -0.05) is 33.8 Å². The molecule has 1 aliphatic heterocycles. The monoisotopic (exact) mass is 477 g/mol. The summed E-state index contributed by atoms with van der Waals surface area (Å²) in [6.07, 6.45) is 1.55. The van der Waals surface area contributed by atoms with Crippen LogP contribution in [0, 0.1) is 18.8 Å². The van der Waals surface area contributed by atoms with Crippen LogP contribution in [0.4, 0.5) is 10.2 Å². The van der Waals surface area contributed by atoms with E-state index in [0.717, 1.165) is 24.1 Å². The SMILES string of the molecule is Cc1cc(C(C)C)cnc1N(CC(C)C)S(=O)(=O)c1ccc(OCC2CCNCC2F)cc1. The molecule has 1 N–H and O–H groups in total. The number of nitrogens with one attached hydrogen (secondary N) is 1. The summed E-state index contributed by atoms with van der Waals surface area (Å²) in [5.41, 5.74) is 1.90. The number of benzene rings is 1. The molecule has 3 rings (SSSR count). The highest BCUT2D eigenvalue weighted by molar-refractivity contribution is 7.92. The van der Waals surface area contributed by atoms with Gasteiger partial charge in [-0.15, -0.1) is 0 Å². The van der Waals surface area contributed by atoms with E-state index in [2.05, 4.69) is 24.1 Å². The fourth-order valence-corrected chi connectivity index (χ4v) is 5.54. The minimum atomic E-state index is -3.82. The topological polar surface area (TPSA) is 71.5 Å². The van der Waals surface area contributed by atoms with Gasteiger partial charge in [0, 0.05) is 25.2 Å². The van der Waals surface area contributed by atoms with Gasteiger partial charge in [0.2, 0.25) is 0 Å². The van der Waals surface area contributed by atoms with Crippen LogP contribution < -0.4 is 14.4 Å². The lowest BCUT2D eigenvalue weighted by Gasteiger charge is -2.27. The number of aromatic nitrogens is 1. The number of rotatable bonds is 9. The van der Waals surface area contributed by atoms with Crippen LogP contribution in [0.5, 0.6) is 5.75 Å². The molecule has 8 heteroatoms. The van der Waals surface area contributed by atoms with Gasteiger partial charge in [0.1, 0.15) is 17.7 Å². The Morgan fingerprint density at radius 2 is 1.91 bits per heavy atom. The Balaban J connectivity index is 1.81. The predicted octanol–water partition coefficient (Wildman–Crippen LogP) is 4.69. The zero-order valence-electron chi connectivity index (χ0n) is 20.2. The molecule has 33 heavy (non-hydrogen) atoms. The van der Waals surface area contributed by atoms with Crippen molar-refractivity contribution in [3.63, 3.8) is 0 Å². The van der Waals surface area contributed by atoms with Crippen LogP contribution in [-0.4, -0.2) is 45.8 Å². The van der Waals surface area contributed by atoms with Crippen molar-refractivity contribution in [2.75, 3.05) is 30.5 Å². The lowest BCUT2D eigenvalue weighted by atomic mass is 9.97. The van der Waals surface area contributed by atoms with Gasteiger partial charge >= 0.3 is 0 Å². The van der Waals surface area contributed by atoms with Crippen molar-refractivity contribution < 1.29 is 17.5 Å². The molecule has 2 unspecified atom stereocenters. The summed E-state index contributed by atoms with van der Waals surface area (Å²) in [7, 11) is -3.82. The summed E-state index contributed by atoms with van der Waals surface area (Å²) < 4.78 is 48.3. The number of piperidine rings is 1. The zero-order chi connectivity index (χ0) is 24.2. The van der Waals surface area contributed by atoms with Crippen LogP contribution in [0.25, 0.3) is 0 Å². The highest BCUT2D eigenvalue weighted by Crippen LogP contribution is 2.29. The standard InChI is InChI=1S/C25H36FN3O3S/c1-17(2)15-29(25-19(5)12-21(13-28-25)18(3)4)33(30,31)23-8-6-22(7-9-23)32-16-20-10-11-27-14-24(20)26/h6-9,12-13,17-18,20,24,27H,10-11,14-16H2,1-5H3. The molecule has 1 aliphatic rings. The Labute approximate surface area is 197 Å². The van der Waals surface area contributed by atoms with Gasteiger partial charge < -0.3 is 10.1 Å². The Hall–Kier alpha value is -2.19. The molecule has 0 saturated carbocycles. The molecular weight excluding hydrogens is 441 g/mol. The molecule has 0 radical (unpaired) electrons. The number of ether oxygens (including phenoxy) is 1. The molecule has 1 fully saturated rings. The maximum Gasteiger partial charge on any atom is 0.265 e. The number of aryl methyl sites for hydroxylation is 1. The van der Waals surface area contributed by atoms with Crippen molar-refractivity contribution in [2.24, 2.45) is 11.8 Å². The molecule has 0 spiro atoms. The first-order chi connectivity index (χ1) is 15.6. The van der Waals surface area contributed by atoms with E-state index >= 15 is 0 Å². The van der Waals surface area contributed by atoms with Gasteiger partial charge in [-0.2, -0.15) is 0 Å². The molecule has 2 aromatic rings. The first-order valence-electron chi connectivity index (χ1n) is 11.7. The molecule has 2 heterocycles. The van der Waals surface area contributed by atoms with Crippen molar-refractivity contribution in [3.05, 3.63) is 47.7 Å². The van der Waals surface area contributed by atoms with Crippen molar-refractivity contribution in [2.45, 2.75) is 58.0 Å². The number of hydrogen-bond donors (Lipinski definition) is 1. The second-order valence-electron chi connectivity index (χ2n) is 9.55. The summed E-state index contributed by atoms with van der Waals surface area (Å²) in [4.78, 5) is 4.71. The quantitative estimate of drug-likeness (QED) is 0.567. The first kappa shape index (κ1) is 25.4. The van der Waals surface area contributed by atoms with Gasteiger partial charge in [0.15, 0.2) is 0 Å². The van der Waals surface area contributed by atoms with E-state index in [1.165, 1.54) is 4.31 Å². The third-order valence-corrected chi connectivity index (χ3v) is 7.69. The van der Waals surface area contributed by atoms with Crippen LogP contribution in [0.1, 0.15) is 51.2 Å². The van der Waals surface area contributed by atoms with E-state index < -0.39 is 16.2 Å². The molecule has 1 aromatic heterocycles. The second kappa shape index (κ2) is 10.8. The number of hydrogen-bond acceptors (Lipinski definition) is 5. The Kier molecular flexibility index (Phi) is 8.34. The van der Waals surface area contributed by atoms with Gasteiger partial charge in [-0.25, -0.2) is 22.1 Å². The van der Waals surface area contributed by atoms with Crippen LogP contribution in [-0.2, 0) is 10.0 Å². The molecule has 1 saturated heterocycles. The van der Waals surface area contributed by atoms with Crippen LogP contribution in [0.15, 0.2) is 41.4 Å². The average molecular weight is 478 g/mol. The molecule has 2 atom stereocenters. The van der Waals surface area contributed by atoms with Gasteiger partial charge in [0.25, 0.3) is 10.0 Å². The first-order valence-corrected chi connectivity index (χ1v) is 13.1. The maximum atomic E-state index is 14.0. The Morgan fingerprint density at radius 3 is 2.48 bits per heavy atom. The average Bonchev–Trinajstić information content (AvgIpc) is 2.77. The van der Waals surface area contributed by atoms with E-state index in [9.17, 15) is 12.8 Å². The van der Waals surface area contributed by atoms with Crippen molar-refractivity contribution in [3.8, 4) is 5.75 Å². The summed E-state index contributed by atoms with van der Waals surface area (Å²) in [5.74, 6) is 1.26. The highest BCUT2D eigenvalue weighted by atomic mass is 32.2. The lowest BCUT2D eigenvalue weighted by Crippen LogP contribution is -2.40. The number of alkyl halides is 1. The molecular formula is C25H36FN3O3S. The van der Waals surface area contributed by atoms with E-state index in [4.69, 9.17) is 4.74 Å². The van der Waals surface area contributed by atoms with Crippen molar-refractivity contribution >= 4 is 15.8 Å². The van der Waals surface area contributed by atoms with Gasteiger partial charge in [-0.3, -0.25) is 0 Å².